The smallest absolute Gasteiger partial charge is 0.236 e. The molecule has 3 aromatic rings. The van der Waals surface area contributed by atoms with Crippen LogP contribution in [0.5, 0.6) is 0 Å². The molecule has 0 aliphatic carbocycles. The summed E-state index contributed by atoms with van der Waals surface area (Å²) in [5.41, 5.74) is 3.16. The molecule has 0 bridgehead atoms. The van der Waals surface area contributed by atoms with Crippen molar-refractivity contribution in [1.29, 1.82) is 0 Å². The van der Waals surface area contributed by atoms with Gasteiger partial charge in [-0.3, -0.25) is 4.68 Å². The first-order chi connectivity index (χ1) is 13.5. The molecule has 0 atom stereocenters. The van der Waals surface area contributed by atoms with Crippen LogP contribution in [0, 0.1) is 0 Å². The van der Waals surface area contributed by atoms with Crippen molar-refractivity contribution in [2.45, 2.75) is 39.8 Å². The minimum Gasteiger partial charge on any atom is -0.443 e. The highest BCUT2D eigenvalue weighted by molar-refractivity contribution is 7.13. The van der Waals surface area contributed by atoms with Gasteiger partial charge in [-0.15, -0.1) is 11.3 Å². The Morgan fingerprint density at radius 1 is 1.43 bits per heavy atom. The number of nitrogens with one attached hydrogen (secondary N) is 1. The van der Waals surface area contributed by atoms with E-state index in [1.165, 1.54) is 5.56 Å². The van der Waals surface area contributed by atoms with Gasteiger partial charge in [0.2, 0.25) is 5.89 Å². The Balaban J connectivity index is 1.71. The molecule has 0 radical (unpaired) electrons. The van der Waals surface area contributed by atoms with E-state index in [4.69, 9.17) is 9.41 Å². The summed E-state index contributed by atoms with van der Waals surface area (Å²) in [7, 11) is 4.00. The first kappa shape index (κ1) is 20.1. The molecule has 28 heavy (non-hydrogen) atoms. The normalized spacial score (nSPS) is 12.0. The Morgan fingerprint density at radius 2 is 2.25 bits per heavy atom. The van der Waals surface area contributed by atoms with Gasteiger partial charge >= 0.3 is 0 Å². The van der Waals surface area contributed by atoms with E-state index in [1.54, 1.807) is 17.6 Å². The van der Waals surface area contributed by atoms with Crippen molar-refractivity contribution in [2.75, 3.05) is 13.6 Å². The minimum atomic E-state index is 0.384. The predicted octanol–water partition coefficient (Wildman–Crippen LogP) is 3.86. The fraction of sp³-hybridized carbons (Fsp3) is 0.450. The summed E-state index contributed by atoms with van der Waals surface area (Å²) in [5, 5.41) is 9.97. The average molecular weight is 401 g/mol. The molecular formula is C20H28N6OS. The van der Waals surface area contributed by atoms with Crippen molar-refractivity contribution in [3.8, 4) is 10.8 Å². The van der Waals surface area contributed by atoms with Crippen LogP contribution in [0.2, 0.25) is 0 Å². The van der Waals surface area contributed by atoms with Crippen molar-refractivity contribution in [3.63, 3.8) is 0 Å². The molecule has 1 N–H and O–H groups in total. The van der Waals surface area contributed by atoms with E-state index in [9.17, 15) is 0 Å². The lowest BCUT2D eigenvalue weighted by Crippen LogP contribution is -2.38. The molecule has 8 heteroatoms. The van der Waals surface area contributed by atoms with Crippen LogP contribution in [-0.4, -0.2) is 39.2 Å². The van der Waals surface area contributed by atoms with Gasteiger partial charge in [-0.05, 0) is 24.3 Å². The highest BCUT2D eigenvalue weighted by atomic mass is 32.1. The van der Waals surface area contributed by atoms with Crippen molar-refractivity contribution >= 4 is 17.3 Å². The zero-order valence-corrected chi connectivity index (χ0v) is 18.0. The van der Waals surface area contributed by atoms with Crippen molar-refractivity contribution in [2.24, 2.45) is 12.0 Å². The monoisotopic (exact) mass is 400 g/mol. The van der Waals surface area contributed by atoms with Crippen LogP contribution < -0.4 is 5.32 Å². The lowest BCUT2D eigenvalue weighted by atomic mass is 10.1. The maximum absolute atomic E-state index is 5.59. The van der Waals surface area contributed by atoms with E-state index in [-0.39, 0.29) is 0 Å². The molecule has 0 unspecified atom stereocenters. The summed E-state index contributed by atoms with van der Waals surface area (Å²) in [6.07, 6.45) is 3.76. The maximum atomic E-state index is 5.59. The highest BCUT2D eigenvalue weighted by Crippen LogP contribution is 2.24. The van der Waals surface area contributed by atoms with Gasteiger partial charge in [0.05, 0.1) is 17.1 Å². The molecule has 3 heterocycles. The van der Waals surface area contributed by atoms with E-state index < -0.39 is 0 Å². The standard InChI is InChI=1S/C20H28N6OS/c1-6-21-20(25(4)11-15-12-26(5)24-18(15)14(2)3)22-10-16-13-27-19(23-16)17-8-7-9-28-17/h7-9,12-14H,6,10-11H2,1-5H3,(H,21,22). The largest absolute Gasteiger partial charge is 0.443 e. The van der Waals surface area contributed by atoms with Crippen LogP contribution in [0.15, 0.2) is 39.4 Å². The summed E-state index contributed by atoms with van der Waals surface area (Å²) in [4.78, 5) is 12.4. The molecule has 150 valence electrons. The molecular weight excluding hydrogens is 372 g/mol. The number of aliphatic imine (C=N–C) groups is 1. The Labute approximate surface area is 170 Å². The van der Waals surface area contributed by atoms with E-state index in [1.807, 2.05) is 36.3 Å². The Bertz CT molecular complexity index is 909. The van der Waals surface area contributed by atoms with Crippen LogP contribution in [0.1, 0.15) is 43.6 Å². The number of nitrogens with zero attached hydrogens (tertiary/aromatic N) is 5. The van der Waals surface area contributed by atoms with Crippen LogP contribution >= 0.6 is 11.3 Å². The first-order valence-electron chi connectivity index (χ1n) is 9.48. The molecule has 7 nitrogen and oxygen atoms in total. The molecule has 3 aromatic heterocycles. The zero-order valence-electron chi connectivity index (χ0n) is 17.1. The van der Waals surface area contributed by atoms with Crippen molar-refractivity contribution in [1.82, 2.24) is 25.0 Å². The maximum Gasteiger partial charge on any atom is 0.236 e. The van der Waals surface area contributed by atoms with Gasteiger partial charge in [0.25, 0.3) is 0 Å². The number of rotatable bonds is 7. The molecule has 0 aliphatic heterocycles. The van der Waals surface area contributed by atoms with E-state index in [0.29, 0.717) is 18.4 Å². The third kappa shape index (κ3) is 4.81. The van der Waals surface area contributed by atoms with Crippen LogP contribution in [0.4, 0.5) is 0 Å². The van der Waals surface area contributed by atoms with Gasteiger partial charge in [0, 0.05) is 38.9 Å². The highest BCUT2D eigenvalue weighted by Gasteiger charge is 2.15. The number of aromatic nitrogens is 3. The zero-order chi connectivity index (χ0) is 20.1. The van der Waals surface area contributed by atoms with E-state index in [0.717, 1.165) is 35.3 Å². The fourth-order valence-corrected chi connectivity index (χ4v) is 3.67. The molecule has 0 saturated heterocycles. The fourth-order valence-electron chi connectivity index (χ4n) is 3.01. The van der Waals surface area contributed by atoms with Gasteiger partial charge in [-0.1, -0.05) is 19.9 Å². The Hall–Kier alpha value is -2.61. The molecule has 0 aromatic carbocycles. The molecule has 3 rings (SSSR count). The van der Waals surface area contributed by atoms with Gasteiger partial charge in [0.15, 0.2) is 5.96 Å². The van der Waals surface area contributed by atoms with E-state index in [2.05, 4.69) is 47.3 Å². The number of guanidine groups is 1. The third-order valence-electron chi connectivity index (χ3n) is 4.26. The Morgan fingerprint density at radius 3 is 2.93 bits per heavy atom. The number of thiophene rings is 1. The molecule has 0 amide bonds. The van der Waals surface area contributed by atoms with Crippen LogP contribution in [-0.2, 0) is 20.1 Å². The second-order valence-corrected chi connectivity index (χ2v) is 7.96. The number of hydrogen-bond donors (Lipinski definition) is 1. The topological polar surface area (TPSA) is 71.5 Å². The van der Waals surface area contributed by atoms with Gasteiger partial charge in [0.1, 0.15) is 12.0 Å². The summed E-state index contributed by atoms with van der Waals surface area (Å²) in [6, 6.07) is 3.99. The SMILES string of the molecule is CCNC(=NCc1coc(-c2cccs2)n1)N(C)Cc1cn(C)nc1C(C)C. The first-order valence-corrected chi connectivity index (χ1v) is 10.4. The summed E-state index contributed by atoms with van der Waals surface area (Å²) in [5.74, 6) is 1.87. The van der Waals surface area contributed by atoms with Crippen molar-refractivity contribution < 1.29 is 4.42 Å². The van der Waals surface area contributed by atoms with Gasteiger partial charge in [-0.2, -0.15) is 5.10 Å². The van der Waals surface area contributed by atoms with Crippen LogP contribution in [0.3, 0.4) is 0 Å². The number of hydrogen-bond acceptors (Lipinski definition) is 5. The van der Waals surface area contributed by atoms with Crippen LogP contribution in [0.25, 0.3) is 10.8 Å². The van der Waals surface area contributed by atoms with E-state index >= 15 is 0 Å². The van der Waals surface area contributed by atoms with Gasteiger partial charge in [-0.25, -0.2) is 9.98 Å². The van der Waals surface area contributed by atoms with Gasteiger partial charge < -0.3 is 14.6 Å². The number of aryl methyl sites for hydroxylation is 1. The summed E-state index contributed by atoms with van der Waals surface area (Å²) < 4.78 is 7.47. The number of oxazole rings is 1. The minimum absolute atomic E-state index is 0.384. The second-order valence-electron chi connectivity index (χ2n) is 7.02. The molecule has 0 fully saturated rings. The molecule has 0 aliphatic rings. The third-order valence-corrected chi connectivity index (χ3v) is 5.12. The average Bonchev–Trinajstić information content (AvgIpc) is 3.38. The lowest BCUT2D eigenvalue weighted by Gasteiger charge is -2.22. The predicted molar refractivity (Wildman–Crippen MR) is 113 cm³/mol. The summed E-state index contributed by atoms with van der Waals surface area (Å²) in [6.45, 7) is 8.41. The van der Waals surface area contributed by atoms with Crippen molar-refractivity contribution in [3.05, 3.63) is 46.9 Å². The summed E-state index contributed by atoms with van der Waals surface area (Å²) >= 11 is 1.61. The lowest BCUT2D eigenvalue weighted by molar-refractivity contribution is 0.473. The molecule has 0 spiro atoms. The second kappa shape index (κ2) is 9.05. The molecule has 0 saturated carbocycles. The quantitative estimate of drug-likeness (QED) is 0.482. The Kier molecular flexibility index (Phi) is 6.51.